The number of aliphatic hydroxyl groups is 1. The van der Waals surface area contributed by atoms with Gasteiger partial charge in [0.1, 0.15) is 23.5 Å². The molecule has 1 aliphatic carbocycles. The van der Waals surface area contributed by atoms with E-state index in [4.69, 9.17) is 11.6 Å². The highest BCUT2D eigenvalue weighted by Gasteiger charge is 2.49. The molecule has 2 atom stereocenters. The molecule has 0 radical (unpaired) electrons. The summed E-state index contributed by atoms with van der Waals surface area (Å²) in [7, 11) is 1.73. The van der Waals surface area contributed by atoms with Crippen LogP contribution in [0.4, 0.5) is 10.2 Å². The molecule has 124 valence electrons. The second-order valence-electron chi connectivity index (χ2n) is 6.06. The van der Waals surface area contributed by atoms with Crippen molar-refractivity contribution in [1.82, 2.24) is 19.7 Å². The number of hydrogen-bond acceptors (Lipinski definition) is 5. The van der Waals surface area contributed by atoms with Crippen LogP contribution in [0.5, 0.6) is 0 Å². The van der Waals surface area contributed by atoms with Crippen molar-refractivity contribution in [1.29, 1.82) is 0 Å². The van der Waals surface area contributed by atoms with Crippen LogP contribution >= 0.6 is 11.6 Å². The average molecular weight is 340 g/mol. The van der Waals surface area contributed by atoms with E-state index in [0.717, 1.165) is 12.0 Å². The molecular weight excluding hydrogens is 321 g/mol. The van der Waals surface area contributed by atoms with E-state index in [-0.39, 0.29) is 5.15 Å². The molecular formula is C15H19ClFN5O. The average Bonchev–Trinajstić information content (AvgIpc) is 2.82. The molecule has 1 fully saturated rings. The minimum Gasteiger partial charge on any atom is -0.374 e. The first-order valence-electron chi connectivity index (χ1n) is 7.53. The van der Waals surface area contributed by atoms with E-state index in [1.54, 1.807) is 30.7 Å². The van der Waals surface area contributed by atoms with Gasteiger partial charge in [-0.1, -0.05) is 18.0 Å². The summed E-state index contributed by atoms with van der Waals surface area (Å²) in [6.07, 6.45) is 1.80. The number of aromatic nitrogens is 4. The van der Waals surface area contributed by atoms with Crippen molar-refractivity contribution in [2.75, 3.05) is 5.32 Å². The lowest BCUT2D eigenvalue weighted by atomic mass is 9.61. The Bertz CT molecular complexity index is 701. The second-order valence-corrected chi connectivity index (χ2v) is 6.44. The van der Waals surface area contributed by atoms with Crippen LogP contribution in [0.1, 0.15) is 43.7 Å². The van der Waals surface area contributed by atoms with Crippen LogP contribution in [0, 0.1) is 0 Å². The zero-order chi connectivity index (χ0) is 16.6. The molecule has 23 heavy (non-hydrogen) atoms. The highest BCUT2D eigenvalue weighted by Crippen LogP contribution is 2.54. The minimum absolute atomic E-state index is 0.266. The zero-order valence-electron chi connectivity index (χ0n) is 13.0. The maximum atomic E-state index is 15.3. The molecule has 0 bridgehead atoms. The Balaban J connectivity index is 2.00. The van der Waals surface area contributed by atoms with Gasteiger partial charge in [0.05, 0.1) is 0 Å². The molecule has 6 nitrogen and oxygen atoms in total. The summed E-state index contributed by atoms with van der Waals surface area (Å²) in [6, 6.07) is 3.44. The van der Waals surface area contributed by atoms with Crippen LogP contribution in [0.3, 0.4) is 0 Å². The summed E-state index contributed by atoms with van der Waals surface area (Å²) in [5.41, 5.74) is 0.0880. The van der Waals surface area contributed by atoms with E-state index in [1.165, 1.54) is 6.33 Å². The lowest BCUT2D eigenvalue weighted by molar-refractivity contribution is 0.0917. The van der Waals surface area contributed by atoms with E-state index >= 15 is 4.39 Å². The van der Waals surface area contributed by atoms with Gasteiger partial charge < -0.3 is 15.0 Å². The third kappa shape index (κ3) is 2.90. The van der Waals surface area contributed by atoms with Gasteiger partial charge in [-0.05, 0) is 37.5 Å². The Morgan fingerprint density at radius 3 is 2.70 bits per heavy atom. The number of pyridine rings is 1. The van der Waals surface area contributed by atoms with Gasteiger partial charge in [-0.3, -0.25) is 0 Å². The normalized spacial score (nSPS) is 19.0. The maximum absolute atomic E-state index is 15.3. The van der Waals surface area contributed by atoms with Gasteiger partial charge in [0.2, 0.25) is 0 Å². The Hall–Kier alpha value is -1.73. The molecule has 0 aromatic carbocycles. The smallest absolute Gasteiger partial charge is 0.169 e. The van der Waals surface area contributed by atoms with Gasteiger partial charge in [-0.15, -0.1) is 10.2 Å². The van der Waals surface area contributed by atoms with Crippen molar-refractivity contribution in [2.24, 2.45) is 7.05 Å². The molecule has 1 aliphatic rings. The van der Waals surface area contributed by atoms with E-state index in [9.17, 15) is 5.11 Å². The minimum atomic E-state index is -1.28. The van der Waals surface area contributed by atoms with Crippen LogP contribution < -0.4 is 5.32 Å². The maximum Gasteiger partial charge on any atom is 0.169 e. The Kier molecular flexibility index (Phi) is 4.25. The summed E-state index contributed by atoms with van der Waals surface area (Å²) >= 11 is 6.09. The van der Waals surface area contributed by atoms with Crippen molar-refractivity contribution in [2.45, 2.75) is 44.0 Å². The van der Waals surface area contributed by atoms with Crippen LogP contribution in [0.25, 0.3) is 0 Å². The van der Waals surface area contributed by atoms with Crippen molar-refractivity contribution >= 4 is 17.4 Å². The summed E-state index contributed by atoms with van der Waals surface area (Å²) in [5, 5.41) is 20.2. The number of nitrogens with zero attached hydrogens (tertiary/aromatic N) is 4. The number of hydrogen-bond donors (Lipinski definition) is 2. The third-order valence-electron chi connectivity index (χ3n) is 4.43. The van der Waals surface area contributed by atoms with Crippen molar-refractivity contribution in [3.63, 3.8) is 0 Å². The first kappa shape index (κ1) is 16.1. The number of alkyl halides is 1. The fraction of sp³-hybridized carbons (Fsp3) is 0.533. The molecule has 1 saturated carbocycles. The molecule has 2 aromatic heterocycles. The van der Waals surface area contributed by atoms with Gasteiger partial charge in [-0.25, -0.2) is 9.37 Å². The van der Waals surface area contributed by atoms with Crippen molar-refractivity contribution in [3.05, 3.63) is 35.0 Å². The van der Waals surface area contributed by atoms with Crippen LogP contribution in [-0.2, 0) is 12.5 Å². The zero-order valence-corrected chi connectivity index (χ0v) is 13.8. The molecule has 2 N–H and O–H groups in total. The molecule has 2 aromatic rings. The van der Waals surface area contributed by atoms with E-state index in [1.807, 2.05) is 0 Å². The number of anilines is 1. The van der Waals surface area contributed by atoms with Crippen LogP contribution in [0.2, 0.25) is 5.15 Å². The second kappa shape index (κ2) is 6.05. The fourth-order valence-corrected chi connectivity index (χ4v) is 3.30. The number of aliphatic hydroxyl groups excluding tert-OH is 1. The molecule has 0 spiro atoms. The van der Waals surface area contributed by atoms with Gasteiger partial charge in [-0.2, -0.15) is 0 Å². The number of halogens is 2. The first-order chi connectivity index (χ1) is 10.9. The molecule has 8 heteroatoms. The SMILES string of the molecule is CC(O)Nc1cc(C2(C(F)c3nncn3C)CCC2)cc(Cl)n1. The predicted molar refractivity (Wildman–Crippen MR) is 84.9 cm³/mol. The number of nitrogens with one attached hydrogen (secondary N) is 1. The Morgan fingerprint density at radius 1 is 1.43 bits per heavy atom. The summed E-state index contributed by atoms with van der Waals surface area (Å²) in [5.74, 6) is 0.738. The molecule has 2 unspecified atom stereocenters. The number of aryl methyl sites for hydroxylation is 1. The molecule has 0 aliphatic heterocycles. The van der Waals surface area contributed by atoms with Crippen LogP contribution in [0.15, 0.2) is 18.5 Å². The summed E-state index contributed by atoms with van der Waals surface area (Å²) in [6.45, 7) is 1.58. The van der Waals surface area contributed by atoms with Crippen molar-refractivity contribution in [3.8, 4) is 0 Å². The van der Waals surface area contributed by atoms with E-state index < -0.39 is 17.8 Å². The fourth-order valence-electron chi connectivity index (χ4n) is 3.09. The molecule has 3 rings (SSSR count). The molecule has 0 amide bonds. The Labute approximate surface area is 138 Å². The lowest BCUT2D eigenvalue weighted by Gasteiger charge is -2.44. The van der Waals surface area contributed by atoms with Gasteiger partial charge >= 0.3 is 0 Å². The highest BCUT2D eigenvalue weighted by molar-refractivity contribution is 6.29. The number of rotatable bonds is 5. The summed E-state index contributed by atoms with van der Waals surface area (Å²) < 4.78 is 16.9. The third-order valence-corrected chi connectivity index (χ3v) is 4.62. The van der Waals surface area contributed by atoms with Gasteiger partial charge in [0.25, 0.3) is 0 Å². The topological polar surface area (TPSA) is 75.9 Å². The Morgan fingerprint density at radius 2 is 2.17 bits per heavy atom. The lowest BCUT2D eigenvalue weighted by Crippen LogP contribution is -2.40. The largest absolute Gasteiger partial charge is 0.374 e. The van der Waals surface area contributed by atoms with Gasteiger partial charge in [0.15, 0.2) is 12.0 Å². The standard InChI is InChI=1S/C15H19ClFN5O/c1-9(23)19-12-7-10(6-11(16)20-12)15(4-3-5-15)13(17)14-21-18-8-22(14)2/h6-9,13,23H,3-5H2,1-2H3,(H,19,20). The van der Waals surface area contributed by atoms with E-state index in [0.29, 0.717) is 24.5 Å². The van der Waals surface area contributed by atoms with Crippen molar-refractivity contribution < 1.29 is 9.50 Å². The molecule has 2 heterocycles. The van der Waals surface area contributed by atoms with Crippen LogP contribution in [-0.4, -0.2) is 31.1 Å². The monoisotopic (exact) mass is 339 g/mol. The highest BCUT2D eigenvalue weighted by atomic mass is 35.5. The summed E-state index contributed by atoms with van der Waals surface area (Å²) in [4.78, 5) is 4.12. The molecule has 0 saturated heterocycles. The predicted octanol–water partition coefficient (Wildman–Crippen LogP) is 2.75. The quantitative estimate of drug-likeness (QED) is 0.647. The first-order valence-corrected chi connectivity index (χ1v) is 7.91. The van der Waals surface area contributed by atoms with E-state index in [2.05, 4.69) is 20.5 Å². The van der Waals surface area contributed by atoms with Gasteiger partial charge in [0, 0.05) is 12.5 Å².